The summed E-state index contributed by atoms with van der Waals surface area (Å²) in [7, 11) is 1.77. The van der Waals surface area contributed by atoms with Crippen molar-refractivity contribution < 1.29 is 8.78 Å². The predicted octanol–water partition coefficient (Wildman–Crippen LogP) is 2.53. The van der Waals surface area contributed by atoms with Gasteiger partial charge in [0, 0.05) is 44.9 Å². The molecule has 5 nitrogen and oxygen atoms in total. The van der Waals surface area contributed by atoms with Crippen molar-refractivity contribution in [3.63, 3.8) is 0 Å². The number of halogens is 2. The van der Waals surface area contributed by atoms with Gasteiger partial charge in [-0.2, -0.15) is 4.98 Å². The molecule has 2 aliphatic heterocycles. The number of anilines is 2. The summed E-state index contributed by atoms with van der Waals surface area (Å²) in [6.07, 6.45) is 3.41. The Morgan fingerprint density at radius 1 is 1.20 bits per heavy atom. The quantitative estimate of drug-likeness (QED) is 0.856. The summed E-state index contributed by atoms with van der Waals surface area (Å²) in [5.41, 5.74) is 0.234. The molecule has 0 amide bonds. The third-order valence-electron chi connectivity index (χ3n) is 5.02. The first kappa shape index (κ1) is 16.1. The second-order valence-corrected chi connectivity index (χ2v) is 6.84. The normalized spacial score (nSPS) is 18.8. The Hall–Kier alpha value is -2.44. The van der Waals surface area contributed by atoms with Crippen LogP contribution < -0.4 is 15.5 Å². The number of rotatable bonds is 3. The number of benzene rings is 1. The van der Waals surface area contributed by atoms with Crippen molar-refractivity contribution in [2.24, 2.45) is 0 Å². The topological polar surface area (TPSA) is 41.4 Å². The minimum atomic E-state index is -0.610. The zero-order valence-corrected chi connectivity index (χ0v) is 14.1. The molecule has 25 heavy (non-hydrogen) atoms. The van der Waals surface area contributed by atoms with Gasteiger partial charge in [-0.1, -0.05) is 0 Å². The Kier molecular flexibility index (Phi) is 3.94. The van der Waals surface area contributed by atoms with Crippen molar-refractivity contribution in [2.75, 3.05) is 23.4 Å². The lowest BCUT2D eigenvalue weighted by atomic mass is 10.0. The van der Waals surface area contributed by atoms with Crippen LogP contribution in [-0.2, 0) is 13.1 Å². The highest BCUT2D eigenvalue weighted by molar-refractivity contribution is 5.54. The van der Waals surface area contributed by atoms with Crippen LogP contribution in [0.2, 0.25) is 0 Å². The fourth-order valence-corrected chi connectivity index (χ4v) is 3.85. The Morgan fingerprint density at radius 2 is 1.96 bits per heavy atom. The SMILES string of the molecule is CN(Cc1cc(F)cc(F)c1)c1cc2n(c(=O)n1)C[C@@H]1CCCCN21. The van der Waals surface area contributed by atoms with Gasteiger partial charge in [0.1, 0.15) is 23.3 Å². The molecule has 1 atom stereocenters. The Labute approximate surface area is 144 Å². The number of fused-ring (bicyclic) bond motifs is 3. The van der Waals surface area contributed by atoms with Crippen LogP contribution in [0.5, 0.6) is 0 Å². The van der Waals surface area contributed by atoms with Gasteiger partial charge in [0.15, 0.2) is 0 Å². The molecule has 2 aromatic rings. The van der Waals surface area contributed by atoms with Crippen molar-refractivity contribution in [3.05, 3.63) is 51.9 Å². The van der Waals surface area contributed by atoms with E-state index in [0.29, 0.717) is 24.0 Å². The van der Waals surface area contributed by atoms with E-state index in [0.717, 1.165) is 31.3 Å². The van der Waals surface area contributed by atoms with Crippen LogP contribution >= 0.6 is 0 Å². The maximum atomic E-state index is 13.4. The molecule has 0 bridgehead atoms. The highest BCUT2D eigenvalue weighted by atomic mass is 19.1. The van der Waals surface area contributed by atoms with Crippen molar-refractivity contribution >= 4 is 11.6 Å². The molecule has 1 aromatic heterocycles. The van der Waals surface area contributed by atoms with Crippen molar-refractivity contribution in [1.82, 2.24) is 9.55 Å². The van der Waals surface area contributed by atoms with Gasteiger partial charge in [0.2, 0.25) is 0 Å². The van der Waals surface area contributed by atoms with E-state index in [2.05, 4.69) is 9.88 Å². The lowest BCUT2D eigenvalue weighted by Gasteiger charge is -2.30. The Balaban J connectivity index is 1.63. The van der Waals surface area contributed by atoms with Crippen LogP contribution in [0.4, 0.5) is 20.4 Å². The Morgan fingerprint density at radius 3 is 2.72 bits per heavy atom. The largest absolute Gasteiger partial charge is 0.355 e. The fraction of sp³-hybridized carbons (Fsp3) is 0.444. The summed E-state index contributed by atoms with van der Waals surface area (Å²) in [4.78, 5) is 20.6. The summed E-state index contributed by atoms with van der Waals surface area (Å²) >= 11 is 0. The van der Waals surface area contributed by atoms with Crippen LogP contribution in [0.3, 0.4) is 0 Å². The van der Waals surface area contributed by atoms with Gasteiger partial charge in [-0.15, -0.1) is 0 Å². The van der Waals surface area contributed by atoms with Gasteiger partial charge in [-0.3, -0.25) is 4.57 Å². The first-order valence-electron chi connectivity index (χ1n) is 8.56. The molecule has 3 heterocycles. The smallest absolute Gasteiger partial charge is 0.351 e. The fourth-order valence-electron chi connectivity index (χ4n) is 3.85. The monoisotopic (exact) mass is 346 g/mol. The zero-order valence-electron chi connectivity index (χ0n) is 14.1. The van der Waals surface area contributed by atoms with Crippen molar-refractivity contribution in [1.29, 1.82) is 0 Å². The van der Waals surface area contributed by atoms with E-state index < -0.39 is 11.6 Å². The van der Waals surface area contributed by atoms with Gasteiger partial charge in [0.05, 0.1) is 0 Å². The van der Waals surface area contributed by atoms with Gasteiger partial charge in [-0.05, 0) is 37.0 Å². The van der Waals surface area contributed by atoms with Crippen LogP contribution in [0, 0.1) is 11.6 Å². The van der Waals surface area contributed by atoms with Crippen LogP contribution in [-0.4, -0.2) is 29.2 Å². The summed E-state index contributed by atoms with van der Waals surface area (Å²) in [6, 6.07) is 5.71. The molecule has 2 aliphatic rings. The third-order valence-corrected chi connectivity index (χ3v) is 5.02. The number of aromatic nitrogens is 2. The minimum absolute atomic E-state index is 0.265. The molecule has 0 spiro atoms. The van der Waals surface area contributed by atoms with Crippen molar-refractivity contribution in [2.45, 2.75) is 38.4 Å². The van der Waals surface area contributed by atoms with Crippen LogP contribution in [0.25, 0.3) is 0 Å². The number of hydrogen-bond donors (Lipinski definition) is 0. The molecule has 1 aromatic carbocycles. The predicted molar refractivity (Wildman–Crippen MR) is 91.9 cm³/mol. The average molecular weight is 346 g/mol. The first-order valence-corrected chi connectivity index (χ1v) is 8.56. The van der Waals surface area contributed by atoms with E-state index in [9.17, 15) is 13.6 Å². The second-order valence-electron chi connectivity index (χ2n) is 6.84. The Bertz CT molecular complexity index is 846. The molecule has 0 unspecified atom stereocenters. The first-order chi connectivity index (χ1) is 12.0. The molecule has 0 radical (unpaired) electrons. The average Bonchev–Trinajstić information content (AvgIpc) is 2.93. The molecular weight excluding hydrogens is 326 g/mol. The van der Waals surface area contributed by atoms with Gasteiger partial charge >= 0.3 is 5.69 Å². The van der Waals surface area contributed by atoms with Gasteiger partial charge < -0.3 is 9.80 Å². The van der Waals surface area contributed by atoms with Crippen LogP contribution in [0.15, 0.2) is 29.1 Å². The summed E-state index contributed by atoms with van der Waals surface area (Å²) in [6.45, 7) is 1.92. The molecule has 1 fully saturated rings. The number of nitrogens with zero attached hydrogens (tertiary/aromatic N) is 4. The molecule has 4 rings (SSSR count). The molecular formula is C18H20F2N4O. The van der Waals surface area contributed by atoms with E-state index in [1.165, 1.54) is 18.6 Å². The van der Waals surface area contributed by atoms with Gasteiger partial charge in [0.25, 0.3) is 0 Å². The number of hydrogen-bond acceptors (Lipinski definition) is 4. The summed E-state index contributed by atoms with van der Waals surface area (Å²) < 4.78 is 28.5. The molecule has 0 saturated carbocycles. The van der Waals surface area contributed by atoms with E-state index in [1.54, 1.807) is 16.5 Å². The highest BCUT2D eigenvalue weighted by Crippen LogP contribution is 2.32. The van der Waals surface area contributed by atoms with E-state index >= 15 is 0 Å². The summed E-state index contributed by atoms with van der Waals surface area (Å²) in [5, 5.41) is 0. The lowest BCUT2D eigenvalue weighted by molar-refractivity contribution is 0.458. The maximum absolute atomic E-state index is 13.4. The third kappa shape index (κ3) is 2.99. The highest BCUT2D eigenvalue weighted by Gasteiger charge is 2.32. The minimum Gasteiger partial charge on any atom is -0.355 e. The van der Waals surface area contributed by atoms with E-state index in [1.807, 2.05) is 6.07 Å². The molecule has 0 N–H and O–H groups in total. The molecule has 7 heteroatoms. The molecule has 0 aliphatic carbocycles. The second kappa shape index (κ2) is 6.13. The molecule has 132 valence electrons. The standard InChI is InChI=1S/C18H20F2N4O/c1-22(10-12-6-13(19)8-14(20)7-12)16-9-17-23-5-3-2-4-15(23)11-24(17)18(25)21-16/h6-9,15H,2-5,10-11H2,1H3/t15-/m0/s1. The van der Waals surface area contributed by atoms with E-state index in [4.69, 9.17) is 0 Å². The van der Waals surface area contributed by atoms with Gasteiger partial charge in [-0.25, -0.2) is 13.6 Å². The van der Waals surface area contributed by atoms with Crippen molar-refractivity contribution in [3.8, 4) is 0 Å². The summed E-state index contributed by atoms with van der Waals surface area (Å²) in [5.74, 6) is 0.201. The molecule has 1 saturated heterocycles. The lowest BCUT2D eigenvalue weighted by Crippen LogP contribution is -2.36. The van der Waals surface area contributed by atoms with E-state index in [-0.39, 0.29) is 12.2 Å². The zero-order chi connectivity index (χ0) is 17.6. The number of piperidine rings is 1. The maximum Gasteiger partial charge on any atom is 0.351 e. The van der Waals surface area contributed by atoms with Crippen LogP contribution in [0.1, 0.15) is 24.8 Å².